The fourth-order valence-electron chi connectivity index (χ4n) is 2.58. The highest BCUT2D eigenvalue weighted by atomic mass is 32.2. The van der Waals surface area contributed by atoms with E-state index in [1.807, 2.05) is 38.1 Å². The number of carbonyl (C=O) groups excluding carboxylic acids is 1. The maximum absolute atomic E-state index is 12.5. The minimum Gasteiger partial charge on any atom is -0.348 e. The Balaban J connectivity index is 1.59. The van der Waals surface area contributed by atoms with Gasteiger partial charge in [-0.1, -0.05) is 24.3 Å². The van der Waals surface area contributed by atoms with Crippen molar-refractivity contribution in [3.63, 3.8) is 0 Å². The van der Waals surface area contributed by atoms with Gasteiger partial charge in [0.2, 0.25) is 15.9 Å². The fourth-order valence-corrected chi connectivity index (χ4v) is 4.82. The van der Waals surface area contributed by atoms with Crippen molar-refractivity contribution >= 4 is 43.6 Å². The van der Waals surface area contributed by atoms with E-state index < -0.39 is 10.0 Å². The van der Waals surface area contributed by atoms with Crippen LogP contribution in [0.4, 0.5) is 0 Å². The third-order valence-electron chi connectivity index (χ3n) is 4.48. The Hall–Kier alpha value is -2.55. The van der Waals surface area contributed by atoms with Gasteiger partial charge in [0.05, 0.1) is 15.1 Å². The Labute approximate surface area is 174 Å². The summed E-state index contributed by atoms with van der Waals surface area (Å²) in [6.45, 7) is 3.95. The second kappa shape index (κ2) is 8.86. The molecule has 0 atom stereocenters. The van der Waals surface area contributed by atoms with Gasteiger partial charge in [-0.05, 0) is 49.8 Å². The minimum absolute atomic E-state index is 0.124. The Kier molecular flexibility index (Phi) is 6.46. The number of carbonyl (C=O) groups is 1. The largest absolute Gasteiger partial charge is 0.348 e. The molecule has 2 aromatic carbocycles. The topological polar surface area (TPSA) is 79.4 Å². The van der Waals surface area contributed by atoms with E-state index in [0.717, 1.165) is 20.8 Å². The van der Waals surface area contributed by atoms with Crippen molar-refractivity contribution in [3.05, 3.63) is 65.2 Å². The molecule has 6 nitrogen and oxygen atoms in total. The molecule has 0 unspecified atom stereocenters. The zero-order chi connectivity index (χ0) is 21.0. The van der Waals surface area contributed by atoms with Crippen molar-refractivity contribution in [2.75, 3.05) is 7.05 Å². The van der Waals surface area contributed by atoms with Crippen LogP contribution in [0.1, 0.15) is 24.4 Å². The van der Waals surface area contributed by atoms with Crippen LogP contribution in [0.2, 0.25) is 0 Å². The first-order valence-electron chi connectivity index (χ1n) is 9.16. The number of benzene rings is 2. The normalized spacial score (nSPS) is 12.3. The van der Waals surface area contributed by atoms with E-state index in [1.165, 1.54) is 21.7 Å². The highest BCUT2D eigenvalue weighted by Crippen LogP contribution is 2.22. The molecule has 0 fully saturated rings. The smallest absolute Gasteiger partial charge is 0.244 e. The van der Waals surface area contributed by atoms with Crippen molar-refractivity contribution in [3.8, 4) is 0 Å². The lowest BCUT2D eigenvalue weighted by molar-refractivity contribution is -0.116. The predicted molar refractivity (Wildman–Crippen MR) is 117 cm³/mol. The molecule has 8 heteroatoms. The van der Waals surface area contributed by atoms with Crippen LogP contribution < -0.4 is 5.32 Å². The van der Waals surface area contributed by atoms with Crippen molar-refractivity contribution in [2.45, 2.75) is 31.3 Å². The first-order chi connectivity index (χ1) is 13.8. The summed E-state index contributed by atoms with van der Waals surface area (Å²) in [5.41, 5.74) is 1.73. The SMILES string of the molecule is CC(C)N(C)S(=O)(=O)c1ccc(CNC(=O)/C=C/c2nc3ccccc3s2)cc1. The Bertz CT molecular complexity index is 1100. The summed E-state index contributed by atoms with van der Waals surface area (Å²) in [5.74, 6) is -0.236. The summed E-state index contributed by atoms with van der Waals surface area (Å²) in [7, 11) is -1.95. The third-order valence-corrected chi connectivity index (χ3v) is 7.53. The second-order valence-electron chi connectivity index (χ2n) is 6.83. The van der Waals surface area contributed by atoms with Crippen LogP contribution in [0, 0.1) is 0 Å². The zero-order valence-electron chi connectivity index (χ0n) is 16.5. The fraction of sp³-hybridized carbons (Fsp3) is 0.238. The molecule has 1 aromatic heterocycles. The van der Waals surface area contributed by atoms with Crippen LogP contribution in [0.25, 0.3) is 16.3 Å². The molecule has 1 heterocycles. The predicted octanol–water partition coefficient (Wildman–Crippen LogP) is 3.65. The lowest BCUT2D eigenvalue weighted by Gasteiger charge is -2.21. The number of amides is 1. The van der Waals surface area contributed by atoms with Crippen molar-refractivity contribution < 1.29 is 13.2 Å². The van der Waals surface area contributed by atoms with Gasteiger partial charge in [-0.2, -0.15) is 4.31 Å². The molecular weight excluding hydrogens is 406 g/mol. The number of nitrogens with one attached hydrogen (secondary N) is 1. The number of hydrogen-bond acceptors (Lipinski definition) is 5. The molecule has 3 aromatic rings. The van der Waals surface area contributed by atoms with Gasteiger partial charge in [-0.3, -0.25) is 4.79 Å². The van der Waals surface area contributed by atoms with E-state index in [4.69, 9.17) is 0 Å². The second-order valence-corrected chi connectivity index (χ2v) is 9.89. The summed E-state index contributed by atoms with van der Waals surface area (Å²) in [5, 5.41) is 3.56. The van der Waals surface area contributed by atoms with Crippen molar-refractivity contribution in [1.82, 2.24) is 14.6 Å². The summed E-state index contributed by atoms with van der Waals surface area (Å²) in [6.07, 6.45) is 3.14. The Morgan fingerprint density at radius 3 is 2.52 bits per heavy atom. The third kappa shape index (κ3) is 5.09. The molecule has 0 radical (unpaired) electrons. The average Bonchev–Trinajstić information content (AvgIpc) is 3.13. The number of rotatable bonds is 7. The summed E-state index contributed by atoms with van der Waals surface area (Å²) >= 11 is 1.52. The lowest BCUT2D eigenvalue weighted by Crippen LogP contribution is -2.33. The number of sulfonamides is 1. The molecule has 1 N–H and O–H groups in total. The number of aromatic nitrogens is 1. The van der Waals surface area contributed by atoms with Gasteiger partial charge in [0.25, 0.3) is 0 Å². The summed E-state index contributed by atoms with van der Waals surface area (Å²) in [6, 6.07) is 14.2. The molecule has 0 aliphatic heterocycles. The van der Waals surface area contributed by atoms with Crippen LogP contribution in [0.3, 0.4) is 0 Å². The molecular formula is C21H23N3O3S2. The number of hydrogen-bond donors (Lipinski definition) is 1. The number of thiazole rings is 1. The first kappa shape index (κ1) is 21.2. The van der Waals surface area contributed by atoms with E-state index in [-0.39, 0.29) is 16.8 Å². The van der Waals surface area contributed by atoms with Crippen LogP contribution in [-0.4, -0.2) is 36.7 Å². The lowest BCUT2D eigenvalue weighted by atomic mass is 10.2. The van der Waals surface area contributed by atoms with Crippen molar-refractivity contribution in [1.29, 1.82) is 0 Å². The summed E-state index contributed by atoms with van der Waals surface area (Å²) < 4.78 is 27.4. The van der Waals surface area contributed by atoms with Gasteiger partial charge >= 0.3 is 0 Å². The highest BCUT2D eigenvalue weighted by Gasteiger charge is 2.22. The van der Waals surface area contributed by atoms with E-state index >= 15 is 0 Å². The van der Waals surface area contributed by atoms with E-state index in [9.17, 15) is 13.2 Å². The maximum Gasteiger partial charge on any atom is 0.244 e. The molecule has 0 saturated heterocycles. The Morgan fingerprint density at radius 1 is 1.17 bits per heavy atom. The standard InChI is InChI=1S/C21H23N3O3S2/c1-15(2)24(3)29(26,27)17-10-8-16(9-11-17)14-22-20(25)12-13-21-23-18-6-4-5-7-19(18)28-21/h4-13,15H,14H2,1-3H3,(H,22,25)/b13-12+. The van der Waals surface area contributed by atoms with Crippen LogP contribution >= 0.6 is 11.3 Å². The van der Waals surface area contributed by atoms with Gasteiger partial charge in [0, 0.05) is 25.7 Å². The molecule has 29 heavy (non-hydrogen) atoms. The van der Waals surface area contributed by atoms with E-state index in [2.05, 4.69) is 10.3 Å². The highest BCUT2D eigenvalue weighted by molar-refractivity contribution is 7.89. The van der Waals surface area contributed by atoms with Gasteiger partial charge < -0.3 is 5.32 Å². The van der Waals surface area contributed by atoms with Crippen LogP contribution in [-0.2, 0) is 21.4 Å². The molecule has 0 bridgehead atoms. The van der Waals surface area contributed by atoms with Crippen LogP contribution in [0.5, 0.6) is 0 Å². The van der Waals surface area contributed by atoms with Crippen LogP contribution in [0.15, 0.2) is 59.5 Å². The molecule has 1 amide bonds. The van der Waals surface area contributed by atoms with Gasteiger partial charge in [0.15, 0.2) is 0 Å². The molecule has 0 saturated carbocycles. The number of para-hydroxylation sites is 1. The molecule has 0 aliphatic rings. The first-order valence-corrected chi connectivity index (χ1v) is 11.4. The average molecular weight is 430 g/mol. The van der Waals surface area contributed by atoms with Crippen molar-refractivity contribution in [2.24, 2.45) is 0 Å². The molecule has 0 spiro atoms. The van der Waals surface area contributed by atoms with E-state index in [0.29, 0.717) is 6.54 Å². The van der Waals surface area contributed by atoms with Gasteiger partial charge in [-0.25, -0.2) is 13.4 Å². The minimum atomic E-state index is -3.51. The quantitative estimate of drug-likeness (QED) is 0.582. The molecule has 0 aliphatic carbocycles. The van der Waals surface area contributed by atoms with Gasteiger partial charge in [0.1, 0.15) is 5.01 Å². The maximum atomic E-state index is 12.5. The van der Waals surface area contributed by atoms with E-state index in [1.54, 1.807) is 37.4 Å². The zero-order valence-corrected chi connectivity index (χ0v) is 18.1. The van der Waals surface area contributed by atoms with Gasteiger partial charge in [-0.15, -0.1) is 11.3 Å². The molecule has 3 rings (SSSR count). The summed E-state index contributed by atoms with van der Waals surface area (Å²) in [4.78, 5) is 16.8. The Morgan fingerprint density at radius 2 is 1.86 bits per heavy atom. The monoisotopic (exact) mass is 429 g/mol. The molecule has 152 valence electrons. The number of nitrogens with zero attached hydrogens (tertiary/aromatic N) is 2. The number of fused-ring (bicyclic) bond motifs is 1.